The zero-order valence-corrected chi connectivity index (χ0v) is 11.3. The molecular weight excluding hydrogens is 262 g/mol. The number of carbonyl (C=O) groups excluding carboxylic acids is 1. The Morgan fingerprint density at radius 3 is 2.28 bits per heavy atom. The lowest BCUT2D eigenvalue weighted by molar-refractivity contribution is -0.147. The Labute approximate surface area is 106 Å². The number of carboxylic acids is 1. The van der Waals surface area contributed by atoms with E-state index in [0.717, 1.165) is 0 Å². The zero-order chi connectivity index (χ0) is 14.4. The summed E-state index contributed by atoms with van der Waals surface area (Å²) in [6.45, 7) is 3.19. The molecule has 0 saturated carbocycles. The number of nitrogens with one attached hydrogen (secondary N) is 1. The van der Waals surface area contributed by atoms with Crippen molar-refractivity contribution in [3.63, 3.8) is 0 Å². The van der Waals surface area contributed by atoms with Crippen LogP contribution in [-0.4, -0.2) is 42.3 Å². The third-order valence-electron chi connectivity index (χ3n) is 2.46. The first-order valence-corrected chi connectivity index (χ1v) is 7.11. The van der Waals surface area contributed by atoms with Crippen LogP contribution < -0.4 is 5.32 Å². The average molecular weight is 281 g/mol. The lowest BCUT2D eigenvalue weighted by atomic mass is 9.88. The molecule has 0 unspecified atom stereocenters. The minimum Gasteiger partial charge on any atom is -0.481 e. The van der Waals surface area contributed by atoms with Gasteiger partial charge in [0.05, 0.1) is 11.2 Å². The molecule has 8 heteroatoms. The molecular formula is C10H19NO6S. The van der Waals surface area contributed by atoms with Crippen LogP contribution in [0.2, 0.25) is 0 Å². The van der Waals surface area contributed by atoms with Gasteiger partial charge in [0.1, 0.15) is 0 Å². The van der Waals surface area contributed by atoms with E-state index in [2.05, 4.69) is 5.32 Å². The van der Waals surface area contributed by atoms with Crippen molar-refractivity contribution in [2.24, 2.45) is 5.41 Å². The van der Waals surface area contributed by atoms with E-state index in [4.69, 9.17) is 9.66 Å². The molecule has 0 aromatic heterocycles. The van der Waals surface area contributed by atoms with Gasteiger partial charge in [-0.05, 0) is 26.7 Å². The van der Waals surface area contributed by atoms with Gasteiger partial charge in [-0.2, -0.15) is 8.42 Å². The fourth-order valence-electron chi connectivity index (χ4n) is 1.10. The molecule has 0 aromatic carbocycles. The normalized spacial score (nSPS) is 12.2. The van der Waals surface area contributed by atoms with Crippen LogP contribution in [0.5, 0.6) is 0 Å². The van der Waals surface area contributed by atoms with Crippen molar-refractivity contribution >= 4 is 22.0 Å². The lowest BCUT2D eigenvalue weighted by Crippen LogP contribution is -2.29. The summed E-state index contributed by atoms with van der Waals surface area (Å²) in [5.41, 5.74) is -0.966. The van der Waals surface area contributed by atoms with Gasteiger partial charge in [-0.1, -0.05) is 0 Å². The molecule has 1 amide bonds. The van der Waals surface area contributed by atoms with Crippen molar-refractivity contribution in [2.75, 3.05) is 12.3 Å². The summed E-state index contributed by atoms with van der Waals surface area (Å²) in [6.07, 6.45) is 0.380. The predicted octanol–water partition coefficient (Wildman–Crippen LogP) is 0.272. The number of amides is 1. The monoisotopic (exact) mass is 281 g/mol. The van der Waals surface area contributed by atoms with Gasteiger partial charge in [0.2, 0.25) is 5.91 Å². The van der Waals surface area contributed by atoms with Crippen LogP contribution in [0, 0.1) is 5.41 Å². The van der Waals surface area contributed by atoms with Gasteiger partial charge in [-0.3, -0.25) is 14.1 Å². The smallest absolute Gasteiger partial charge is 0.309 e. The Bertz CT molecular complexity index is 401. The van der Waals surface area contributed by atoms with Crippen LogP contribution in [0.4, 0.5) is 0 Å². The van der Waals surface area contributed by atoms with Crippen LogP contribution in [0.25, 0.3) is 0 Å². The first-order chi connectivity index (χ1) is 8.04. The molecule has 0 bridgehead atoms. The van der Waals surface area contributed by atoms with Crippen molar-refractivity contribution in [3.05, 3.63) is 0 Å². The molecule has 3 N–H and O–H groups in total. The predicted molar refractivity (Wildman–Crippen MR) is 64.7 cm³/mol. The molecule has 0 aliphatic heterocycles. The van der Waals surface area contributed by atoms with Crippen LogP contribution in [0.1, 0.15) is 33.1 Å². The number of aliphatic carboxylic acids is 1. The second-order valence-electron chi connectivity index (χ2n) is 4.68. The fraction of sp³-hybridized carbons (Fsp3) is 0.800. The van der Waals surface area contributed by atoms with Crippen molar-refractivity contribution in [1.82, 2.24) is 5.32 Å². The molecule has 0 atom stereocenters. The number of carbonyl (C=O) groups is 2. The Hall–Kier alpha value is -1.15. The zero-order valence-electron chi connectivity index (χ0n) is 10.5. The van der Waals surface area contributed by atoms with E-state index < -0.39 is 27.3 Å². The van der Waals surface area contributed by atoms with Crippen LogP contribution >= 0.6 is 0 Å². The topological polar surface area (TPSA) is 121 Å². The van der Waals surface area contributed by atoms with Gasteiger partial charge in [-0.25, -0.2) is 0 Å². The SMILES string of the molecule is CC(C)(CCC(=O)NCCCS(=O)(=O)O)C(=O)O. The Balaban J connectivity index is 3.83. The number of hydrogen-bond donors (Lipinski definition) is 3. The van der Waals surface area contributed by atoms with Crippen LogP contribution in [0.15, 0.2) is 0 Å². The van der Waals surface area contributed by atoms with E-state index in [1.807, 2.05) is 0 Å². The third kappa shape index (κ3) is 8.02. The van der Waals surface area contributed by atoms with Gasteiger partial charge in [0.25, 0.3) is 10.1 Å². The number of hydrogen-bond acceptors (Lipinski definition) is 4. The summed E-state index contributed by atoms with van der Waals surface area (Å²) in [4.78, 5) is 22.1. The summed E-state index contributed by atoms with van der Waals surface area (Å²) >= 11 is 0. The standard InChI is InChI=1S/C10H19NO6S/c1-10(2,9(13)14)5-4-8(12)11-6-3-7-18(15,16)17/h3-7H2,1-2H3,(H,11,12)(H,13,14)(H,15,16,17). The van der Waals surface area contributed by atoms with Gasteiger partial charge in [0.15, 0.2) is 0 Å². The van der Waals surface area contributed by atoms with E-state index in [0.29, 0.717) is 0 Å². The van der Waals surface area contributed by atoms with E-state index in [-0.39, 0.29) is 31.7 Å². The highest BCUT2D eigenvalue weighted by atomic mass is 32.2. The molecule has 106 valence electrons. The molecule has 0 fully saturated rings. The molecule has 0 heterocycles. The molecule has 7 nitrogen and oxygen atoms in total. The molecule has 0 aliphatic carbocycles. The Morgan fingerprint density at radius 1 is 1.28 bits per heavy atom. The summed E-state index contributed by atoms with van der Waals surface area (Å²) in [5, 5.41) is 11.3. The van der Waals surface area contributed by atoms with Crippen LogP contribution in [-0.2, 0) is 19.7 Å². The highest BCUT2D eigenvalue weighted by molar-refractivity contribution is 7.85. The maximum Gasteiger partial charge on any atom is 0.309 e. The van der Waals surface area contributed by atoms with E-state index in [1.54, 1.807) is 0 Å². The summed E-state index contributed by atoms with van der Waals surface area (Å²) in [6, 6.07) is 0. The fourth-order valence-corrected chi connectivity index (χ4v) is 1.61. The minimum atomic E-state index is -4.00. The van der Waals surface area contributed by atoms with Gasteiger partial charge < -0.3 is 10.4 Å². The second kappa shape index (κ2) is 6.69. The Morgan fingerprint density at radius 2 is 1.83 bits per heavy atom. The molecule has 18 heavy (non-hydrogen) atoms. The van der Waals surface area contributed by atoms with Crippen molar-refractivity contribution < 1.29 is 27.7 Å². The first kappa shape index (κ1) is 16.9. The van der Waals surface area contributed by atoms with Gasteiger partial charge in [0, 0.05) is 13.0 Å². The minimum absolute atomic E-state index is 0.0607. The van der Waals surface area contributed by atoms with Gasteiger partial charge in [-0.15, -0.1) is 0 Å². The first-order valence-electron chi connectivity index (χ1n) is 5.50. The third-order valence-corrected chi connectivity index (χ3v) is 3.26. The average Bonchev–Trinajstić information content (AvgIpc) is 2.20. The highest BCUT2D eigenvalue weighted by Crippen LogP contribution is 2.22. The summed E-state index contributed by atoms with van der Waals surface area (Å²) < 4.78 is 29.2. The maximum atomic E-state index is 11.3. The van der Waals surface area contributed by atoms with Crippen molar-refractivity contribution in [3.8, 4) is 0 Å². The largest absolute Gasteiger partial charge is 0.481 e. The number of rotatable bonds is 8. The second-order valence-corrected chi connectivity index (χ2v) is 6.25. The number of carboxylic acid groups (broad SMARTS) is 1. The van der Waals surface area contributed by atoms with Gasteiger partial charge >= 0.3 is 5.97 Å². The lowest BCUT2D eigenvalue weighted by Gasteiger charge is -2.18. The molecule has 0 radical (unpaired) electrons. The summed E-state index contributed by atoms with van der Waals surface area (Å²) in [7, 11) is -4.00. The van der Waals surface area contributed by atoms with E-state index in [1.165, 1.54) is 13.8 Å². The van der Waals surface area contributed by atoms with E-state index >= 15 is 0 Å². The molecule has 0 rings (SSSR count). The molecule has 0 spiro atoms. The van der Waals surface area contributed by atoms with Crippen LogP contribution in [0.3, 0.4) is 0 Å². The van der Waals surface area contributed by atoms with Crippen molar-refractivity contribution in [2.45, 2.75) is 33.1 Å². The van der Waals surface area contributed by atoms with E-state index in [9.17, 15) is 18.0 Å². The molecule has 0 aliphatic rings. The summed E-state index contributed by atoms with van der Waals surface area (Å²) in [5.74, 6) is -1.71. The molecule has 0 aromatic rings. The maximum absolute atomic E-state index is 11.3. The highest BCUT2D eigenvalue weighted by Gasteiger charge is 2.27. The Kier molecular flexibility index (Phi) is 6.27. The molecule has 0 saturated heterocycles. The van der Waals surface area contributed by atoms with Crippen molar-refractivity contribution in [1.29, 1.82) is 0 Å². The quantitative estimate of drug-likeness (QED) is 0.434.